The molecular formula is C10H20FNO. The van der Waals surface area contributed by atoms with Crippen LogP contribution in [0.3, 0.4) is 0 Å². The molecule has 1 saturated heterocycles. The lowest BCUT2D eigenvalue weighted by atomic mass is 9.95. The predicted molar refractivity (Wildman–Crippen MR) is 51.4 cm³/mol. The van der Waals surface area contributed by atoms with E-state index in [1.54, 1.807) is 0 Å². The van der Waals surface area contributed by atoms with Crippen LogP contribution < -0.4 is 0 Å². The molecule has 1 rings (SSSR count). The van der Waals surface area contributed by atoms with Gasteiger partial charge in [0.15, 0.2) is 0 Å². The molecule has 0 aromatic carbocycles. The third-order valence-electron chi connectivity index (χ3n) is 2.90. The fraction of sp³-hybridized carbons (Fsp3) is 1.00. The van der Waals surface area contributed by atoms with Gasteiger partial charge in [0.25, 0.3) is 0 Å². The number of aliphatic hydroxyl groups is 1. The van der Waals surface area contributed by atoms with Crippen molar-refractivity contribution >= 4 is 0 Å². The largest absolute Gasteiger partial charge is 0.389 e. The van der Waals surface area contributed by atoms with Crippen LogP contribution in [0.1, 0.15) is 20.3 Å². The Hall–Kier alpha value is -0.150. The number of rotatable bonds is 4. The molecule has 3 heteroatoms. The van der Waals surface area contributed by atoms with Crippen molar-refractivity contribution in [2.24, 2.45) is 11.8 Å². The van der Waals surface area contributed by atoms with Gasteiger partial charge in [-0.3, -0.25) is 0 Å². The Balaban J connectivity index is 2.25. The number of likely N-dealkylation sites (tertiary alicyclic amines) is 1. The van der Waals surface area contributed by atoms with Crippen LogP contribution in [0.4, 0.5) is 4.39 Å². The molecule has 2 atom stereocenters. The van der Waals surface area contributed by atoms with Crippen molar-refractivity contribution in [3.05, 3.63) is 0 Å². The van der Waals surface area contributed by atoms with E-state index in [-0.39, 0.29) is 0 Å². The number of nitrogens with zero attached hydrogens (tertiary/aromatic N) is 1. The molecule has 0 radical (unpaired) electrons. The Morgan fingerprint density at radius 3 is 2.69 bits per heavy atom. The molecule has 2 unspecified atom stereocenters. The van der Waals surface area contributed by atoms with E-state index in [1.807, 2.05) is 0 Å². The molecule has 13 heavy (non-hydrogen) atoms. The normalized spacial score (nSPS) is 27.0. The van der Waals surface area contributed by atoms with Crippen molar-refractivity contribution < 1.29 is 9.50 Å². The van der Waals surface area contributed by atoms with Gasteiger partial charge < -0.3 is 10.0 Å². The molecule has 1 fully saturated rings. The van der Waals surface area contributed by atoms with Crippen molar-refractivity contribution in [3.8, 4) is 0 Å². The number of β-amino-alcohol motifs (C(OH)–C–C–N with tert-alkyl or cyclic N) is 1. The Bertz CT molecular complexity index is 152. The number of hydrogen-bond acceptors (Lipinski definition) is 2. The second kappa shape index (κ2) is 4.91. The van der Waals surface area contributed by atoms with E-state index in [2.05, 4.69) is 18.7 Å². The fourth-order valence-corrected chi connectivity index (χ4v) is 1.92. The van der Waals surface area contributed by atoms with Crippen molar-refractivity contribution in [3.63, 3.8) is 0 Å². The van der Waals surface area contributed by atoms with E-state index in [0.29, 0.717) is 12.5 Å². The Labute approximate surface area is 79.7 Å². The SMILES string of the molecule is CC(C)C1CCN(CC(O)CF)C1. The van der Waals surface area contributed by atoms with Crippen LogP contribution in [-0.4, -0.2) is 42.4 Å². The molecule has 0 aliphatic carbocycles. The first kappa shape index (κ1) is 10.9. The molecule has 0 aromatic rings. The summed E-state index contributed by atoms with van der Waals surface area (Å²) in [6, 6.07) is 0. The van der Waals surface area contributed by atoms with Gasteiger partial charge in [-0.2, -0.15) is 0 Å². The molecule has 1 heterocycles. The molecule has 2 nitrogen and oxygen atoms in total. The van der Waals surface area contributed by atoms with E-state index in [0.717, 1.165) is 19.0 Å². The van der Waals surface area contributed by atoms with Gasteiger partial charge in [-0.15, -0.1) is 0 Å². The minimum atomic E-state index is -0.786. The highest BCUT2D eigenvalue weighted by atomic mass is 19.1. The zero-order valence-electron chi connectivity index (χ0n) is 8.54. The summed E-state index contributed by atoms with van der Waals surface area (Å²) in [5.74, 6) is 1.43. The standard InChI is InChI=1S/C10H20FNO/c1-8(2)9-3-4-12(6-9)7-10(13)5-11/h8-10,13H,3-7H2,1-2H3. The lowest BCUT2D eigenvalue weighted by Crippen LogP contribution is -2.32. The molecule has 78 valence electrons. The third kappa shape index (κ3) is 3.24. The highest BCUT2D eigenvalue weighted by Gasteiger charge is 2.25. The van der Waals surface area contributed by atoms with Gasteiger partial charge in [0.1, 0.15) is 6.67 Å². The van der Waals surface area contributed by atoms with Crippen molar-refractivity contribution in [1.29, 1.82) is 0 Å². The van der Waals surface area contributed by atoms with Crippen LogP contribution in [-0.2, 0) is 0 Å². The summed E-state index contributed by atoms with van der Waals surface area (Å²) in [7, 11) is 0. The molecular weight excluding hydrogens is 169 g/mol. The van der Waals surface area contributed by atoms with Crippen LogP contribution in [0.5, 0.6) is 0 Å². The first-order valence-corrected chi connectivity index (χ1v) is 5.10. The molecule has 0 saturated carbocycles. The van der Waals surface area contributed by atoms with Gasteiger partial charge in [0, 0.05) is 13.1 Å². The molecule has 1 N–H and O–H groups in total. The minimum absolute atomic E-state index is 0.500. The molecule has 0 bridgehead atoms. The smallest absolute Gasteiger partial charge is 0.117 e. The van der Waals surface area contributed by atoms with Crippen LogP contribution in [0, 0.1) is 11.8 Å². The number of halogens is 1. The molecule has 0 aromatic heterocycles. The monoisotopic (exact) mass is 189 g/mol. The molecule has 0 spiro atoms. The van der Waals surface area contributed by atoms with Gasteiger partial charge in [0.05, 0.1) is 6.10 Å². The third-order valence-corrected chi connectivity index (χ3v) is 2.90. The van der Waals surface area contributed by atoms with Gasteiger partial charge >= 0.3 is 0 Å². The highest BCUT2D eigenvalue weighted by Crippen LogP contribution is 2.23. The maximum Gasteiger partial charge on any atom is 0.117 e. The van der Waals surface area contributed by atoms with E-state index >= 15 is 0 Å². The zero-order valence-corrected chi connectivity index (χ0v) is 8.54. The van der Waals surface area contributed by atoms with Gasteiger partial charge in [-0.25, -0.2) is 4.39 Å². The van der Waals surface area contributed by atoms with Crippen molar-refractivity contribution in [2.45, 2.75) is 26.4 Å². The second-order valence-corrected chi connectivity index (χ2v) is 4.36. The summed E-state index contributed by atoms with van der Waals surface area (Å²) in [4.78, 5) is 2.16. The maximum atomic E-state index is 12.0. The Morgan fingerprint density at radius 1 is 1.54 bits per heavy atom. The van der Waals surface area contributed by atoms with Crippen LogP contribution >= 0.6 is 0 Å². The predicted octanol–water partition coefficient (Wildman–Crippen LogP) is 1.29. The quantitative estimate of drug-likeness (QED) is 0.720. The first-order valence-electron chi connectivity index (χ1n) is 5.10. The average molecular weight is 189 g/mol. The van der Waals surface area contributed by atoms with Crippen molar-refractivity contribution in [2.75, 3.05) is 26.3 Å². The van der Waals surface area contributed by atoms with Crippen molar-refractivity contribution in [1.82, 2.24) is 4.90 Å². The lowest BCUT2D eigenvalue weighted by molar-refractivity contribution is 0.0971. The van der Waals surface area contributed by atoms with E-state index in [9.17, 15) is 4.39 Å². The Morgan fingerprint density at radius 2 is 2.23 bits per heavy atom. The summed E-state index contributed by atoms with van der Waals surface area (Å²) in [5, 5.41) is 9.13. The van der Waals surface area contributed by atoms with Crippen LogP contribution in [0.2, 0.25) is 0 Å². The molecule has 1 aliphatic heterocycles. The first-order chi connectivity index (χ1) is 6.13. The number of alkyl halides is 1. The van der Waals surface area contributed by atoms with Crippen LogP contribution in [0.25, 0.3) is 0 Å². The highest BCUT2D eigenvalue weighted by molar-refractivity contribution is 4.78. The average Bonchev–Trinajstić information content (AvgIpc) is 2.52. The van der Waals surface area contributed by atoms with Gasteiger partial charge in [0.2, 0.25) is 0 Å². The molecule has 1 aliphatic rings. The number of aliphatic hydroxyl groups excluding tert-OH is 1. The van der Waals surface area contributed by atoms with Gasteiger partial charge in [-0.05, 0) is 24.8 Å². The summed E-state index contributed by atoms with van der Waals surface area (Å²) >= 11 is 0. The minimum Gasteiger partial charge on any atom is -0.389 e. The van der Waals surface area contributed by atoms with E-state index in [4.69, 9.17) is 5.11 Å². The van der Waals surface area contributed by atoms with E-state index < -0.39 is 12.8 Å². The van der Waals surface area contributed by atoms with Gasteiger partial charge in [-0.1, -0.05) is 13.8 Å². The lowest BCUT2D eigenvalue weighted by Gasteiger charge is -2.19. The Kier molecular flexibility index (Phi) is 4.13. The summed E-state index contributed by atoms with van der Waals surface area (Å²) < 4.78 is 12.0. The molecule has 0 amide bonds. The summed E-state index contributed by atoms with van der Waals surface area (Å²) in [6.45, 7) is 6.36. The summed E-state index contributed by atoms with van der Waals surface area (Å²) in [5.41, 5.74) is 0. The second-order valence-electron chi connectivity index (χ2n) is 4.36. The van der Waals surface area contributed by atoms with Crippen LogP contribution in [0.15, 0.2) is 0 Å². The maximum absolute atomic E-state index is 12.0. The zero-order chi connectivity index (χ0) is 9.84. The fourth-order valence-electron chi connectivity index (χ4n) is 1.92. The summed E-state index contributed by atoms with van der Waals surface area (Å²) in [6.07, 6.45) is 0.405. The topological polar surface area (TPSA) is 23.5 Å². The number of hydrogen-bond donors (Lipinski definition) is 1. The van der Waals surface area contributed by atoms with E-state index in [1.165, 1.54) is 6.42 Å².